The maximum Gasteiger partial charge on any atom is 0.143 e. The van der Waals surface area contributed by atoms with Crippen LogP contribution < -0.4 is 4.90 Å². The lowest BCUT2D eigenvalue weighted by Gasteiger charge is -2.30. The highest BCUT2D eigenvalue weighted by atomic mass is 16.3. The second-order valence-electron chi connectivity index (χ2n) is 14.5. The molecule has 268 valence electrons. The van der Waals surface area contributed by atoms with Crippen LogP contribution in [0.1, 0.15) is 0 Å². The Bertz CT molecular complexity index is 3250. The number of nitrogens with zero attached hydrogens (tertiary/aromatic N) is 2. The third-order valence-electron chi connectivity index (χ3n) is 11.2. The Kier molecular flexibility index (Phi) is 7.82. The van der Waals surface area contributed by atoms with E-state index in [1.807, 2.05) is 6.07 Å². The molecule has 11 aromatic rings. The second kappa shape index (κ2) is 13.6. The van der Waals surface area contributed by atoms with E-state index in [1.54, 1.807) is 0 Å². The minimum Gasteiger partial charge on any atom is -0.455 e. The molecule has 0 spiro atoms. The van der Waals surface area contributed by atoms with Crippen molar-refractivity contribution >= 4 is 60.8 Å². The molecule has 0 N–H and O–H groups in total. The second-order valence-corrected chi connectivity index (χ2v) is 14.5. The number of anilines is 3. The van der Waals surface area contributed by atoms with Gasteiger partial charge in [-0.05, 0) is 53.6 Å². The van der Waals surface area contributed by atoms with Gasteiger partial charge in [-0.2, -0.15) is 0 Å². The summed E-state index contributed by atoms with van der Waals surface area (Å²) in [5.74, 6) is 0. The molecule has 2 heterocycles. The molecule has 0 atom stereocenters. The third kappa shape index (κ3) is 5.43. The van der Waals surface area contributed by atoms with Crippen LogP contribution in [0.25, 0.3) is 82.8 Å². The summed E-state index contributed by atoms with van der Waals surface area (Å²) in [5, 5.41) is 4.65. The predicted octanol–water partition coefficient (Wildman–Crippen LogP) is 15.2. The van der Waals surface area contributed by atoms with Crippen molar-refractivity contribution in [3.8, 4) is 39.1 Å². The van der Waals surface area contributed by atoms with E-state index < -0.39 is 0 Å². The van der Waals surface area contributed by atoms with Crippen molar-refractivity contribution in [2.45, 2.75) is 0 Å². The van der Waals surface area contributed by atoms with Gasteiger partial charge in [-0.3, -0.25) is 0 Å². The molecule has 0 radical (unpaired) electrons. The van der Waals surface area contributed by atoms with E-state index in [9.17, 15) is 0 Å². The summed E-state index contributed by atoms with van der Waals surface area (Å²) in [6.07, 6.45) is 0. The van der Waals surface area contributed by atoms with Crippen molar-refractivity contribution in [2.24, 2.45) is 0 Å². The van der Waals surface area contributed by atoms with Gasteiger partial charge < -0.3 is 13.9 Å². The van der Waals surface area contributed by atoms with Gasteiger partial charge in [0, 0.05) is 49.5 Å². The van der Waals surface area contributed by atoms with Crippen molar-refractivity contribution in [3.05, 3.63) is 218 Å². The lowest BCUT2D eigenvalue weighted by molar-refractivity contribution is 0.670. The molecular formula is C54H36N2O. The van der Waals surface area contributed by atoms with Crippen LogP contribution in [0.3, 0.4) is 0 Å². The Morgan fingerprint density at radius 3 is 1.68 bits per heavy atom. The Morgan fingerprint density at radius 2 is 0.895 bits per heavy atom. The number of hydrogen-bond donors (Lipinski definition) is 0. The highest BCUT2D eigenvalue weighted by Gasteiger charge is 2.24. The van der Waals surface area contributed by atoms with Gasteiger partial charge >= 0.3 is 0 Å². The van der Waals surface area contributed by atoms with E-state index in [4.69, 9.17) is 4.42 Å². The first-order chi connectivity index (χ1) is 28.3. The minimum atomic E-state index is 0.885. The Labute approximate surface area is 330 Å². The maximum atomic E-state index is 6.66. The molecule has 3 nitrogen and oxygen atoms in total. The molecule has 2 aromatic heterocycles. The Balaban J connectivity index is 1.21. The fraction of sp³-hybridized carbons (Fsp3) is 0. The maximum absolute atomic E-state index is 6.66. The first-order valence-corrected chi connectivity index (χ1v) is 19.4. The summed E-state index contributed by atoms with van der Waals surface area (Å²) in [6.45, 7) is 0. The molecule has 11 rings (SSSR count). The minimum absolute atomic E-state index is 0.885. The number of benzene rings is 9. The number of aromatic nitrogens is 1. The van der Waals surface area contributed by atoms with E-state index in [-0.39, 0.29) is 0 Å². The lowest BCUT2D eigenvalue weighted by Crippen LogP contribution is -2.12. The quantitative estimate of drug-likeness (QED) is 0.163. The molecule has 0 saturated heterocycles. The van der Waals surface area contributed by atoms with Crippen molar-refractivity contribution in [3.63, 3.8) is 0 Å². The standard InChI is InChI=1S/C54H36N2O/c1-3-18-37(19-4-1)40-22-7-12-29-48(40)55(50-31-14-10-25-43(50)46-27-17-28-47-45-26-11-16-33-53(45)57-54(46)47)39-34-35-44-42-24-9-15-32-51(42)56(52(44)36-39)49-30-13-8-23-41(49)38-20-5-2-6-21-38/h1-36H. The molecule has 57 heavy (non-hydrogen) atoms. The van der Waals surface area contributed by atoms with Crippen LogP contribution in [0.2, 0.25) is 0 Å². The highest BCUT2D eigenvalue weighted by Crippen LogP contribution is 2.48. The lowest BCUT2D eigenvalue weighted by atomic mass is 9.97. The van der Waals surface area contributed by atoms with Gasteiger partial charge in [-0.25, -0.2) is 0 Å². The van der Waals surface area contributed by atoms with Crippen molar-refractivity contribution in [1.82, 2.24) is 4.57 Å². The van der Waals surface area contributed by atoms with Crippen LogP contribution in [-0.2, 0) is 0 Å². The van der Waals surface area contributed by atoms with Crippen molar-refractivity contribution in [1.29, 1.82) is 0 Å². The summed E-state index contributed by atoms with van der Waals surface area (Å²) in [4.78, 5) is 2.43. The number of furan rings is 1. The zero-order valence-electron chi connectivity index (χ0n) is 31.1. The first kappa shape index (κ1) is 32.8. The fourth-order valence-corrected chi connectivity index (χ4v) is 8.68. The molecule has 0 bridgehead atoms. The van der Waals surface area contributed by atoms with Crippen LogP contribution >= 0.6 is 0 Å². The molecule has 0 unspecified atom stereocenters. The van der Waals surface area contributed by atoms with Crippen LogP contribution in [0.15, 0.2) is 223 Å². The van der Waals surface area contributed by atoms with Gasteiger partial charge in [0.1, 0.15) is 11.2 Å². The summed E-state index contributed by atoms with van der Waals surface area (Å²) >= 11 is 0. The molecular weight excluding hydrogens is 693 g/mol. The van der Waals surface area contributed by atoms with Gasteiger partial charge in [0.15, 0.2) is 0 Å². The average molecular weight is 729 g/mol. The van der Waals surface area contributed by atoms with Crippen molar-refractivity contribution < 1.29 is 4.42 Å². The fourth-order valence-electron chi connectivity index (χ4n) is 8.68. The Morgan fingerprint density at radius 1 is 0.351 bits per heavy atom. The molecule has 3 heteroatoms. The zero-order valence-corrected chi connectivity index (χ0v) is 31.1. The van der Waals surface area contributed by atoms with Gasteiger partial charge in [-0.15, -0.1) is 0 Å². The number of para-hydroxylation sites is 6. The van der Waals surface area contributed by atoms with Gasteiger partial charge in [0.05, 0.1) is 28.1 Å². The van der Waals surface area contributed by atoms with Crippen LogP contribution in [0.5, 0.6) is 0 Å². The van der Waals surface area contributed by atoms with Gasteiger partial charge in [-0.1, -0.05) is 176 Å². The summed E-state index contributed by atoms with van der Waals surface area (Å²) in [6, 6.07) is 78.1. The zero-order chi connectivity index (χ0) is 37.7. The first-order valence-electron chi connectivity index (χ1n) is 19.4. The van der Waals surface area contributed by atoms with E-state index in [0.29, 0.717) is 0 Å². The molecule has 0 saturated carbocycles. The topological polar surface area (TPSA) is 21.3 Å². The molecule has 0 aliphatic heterocycles. The summed E-state index contributed by atoms with van der Waals surface area (Å²) in [5.41, 5.74) is 15.2. The molecule has 0 fully saturated rings. The van der Waals surface area contributed by atoms with Crippen LogP contribution in [0, 0.1) is 0 Å². The van der Waals surface area contributed by atoms with E-state index in [1.165, 1.54) is 27.4 Å². The van der Waals surface area contributed by atoms with Crippen LogP contribution in [0.4, 0.5) is 17.1 Å². The van der Waals surface area contributed by atoms with E-state index in [2.05, 4.69) is 222 Å². The SMILES string of the molecule is c1ccc(-c2ccccc2N(c2ccc3c4ccccc4n(-c4ccccc4-c4ccccc4)c3c2)c2ccccc2-c2cccc3c2oc2ccccc23)cc1. The number of rotatable bonds is 7. The number of fused-ring (bicyclic) bond motifs is 6. The normalized spacial score (nSPS) is 11.5. The van der Waals surface area contributed by atoms with Gasteiger partial charge in [0.2, 0.25) is 0 Å². The monoisotopic (exact) mass is 728 g/mol. The molecule has 0 amide bonds. The van der Waals surface area contributed by atoms with Gasteiger partial charge in [0.25, 0.3) is 0 Å². The molecule has 0 aliphatic rings. The summed E-state index contributed by atoms with van der Waals surface area (Å²) < 4.78 is 9.10. The van der Waals surface area contributed by atoms with Crippen LogP contribution in [-0.4, -0.2) is 4.57 Å². The third-order valence-corrected chi connectivity index (χ3v) is 11.2. The smallest absolute Gasteiger partial charge is 0.143 e. The van der Waals surface area contributed by atoms with E-state index in [0.717, 1.165) is 72.5 Å². The molecule has 9 aromatic carbocycles. The Hall–Kier alpha value is -7.62. The van der Waals surface area contributed by atoms with E-state index >= 15 is 0 Å². The number of hydrogen-bond acceptors (Lipinski definition) is 2. The average Bonchev–Trinajstić information content (AvgIpc) is 3.83. The van der Waals surface area contributed by atoms with Crippen molar-refractivity contribution in [2.75, 3.05) is 4.90 Å². The molecule has 0 aliphatic carbocycles. The highest BCUT2D eigenvalue weighted by molar-refractivity contribution is 6.13. The predicted molar refractivity (Wildman–Crippen MR) is 239 cm³/mol. The summed E-state index contributed by atoms with van der Waals surface area (Å²) in [7, 11) is 0. The largest absolute Gasteiger partial charge is 0.455 e.